The summed E-state index contributed by atoms with van der Waals surface area (Å²) in [5.74, 6) is -0.719. The van der Waals surface area contributed by atoms with Crippen LogP contribution in [-0.4, -0.2) is 65.2 Å². The number of carbonyl (C=O) groups is 2. The third-order valence-corrected chi connectivity index (χ3v) is 5.64. The first kappa shape index (κ1) is 22.7. The summed E-state index contributed by atoms with van der Waals surface area (Å²) < 4.78 is 40.6. The van der Waals surface area contributed by atoms with E-state index in [4.69, 9.17) is 0 Å². The number of nitrogens with one attached hydrogen (secondary N) is 2. The number of fused-ring (bicyclic) bond motifs is 1. The highest BCUT2D eigenvalue weighted by Crippen LogP contribution is 2.24. The molecule has 1 aromatic heterocycles. The maximum absolute atomic E-state index is 12.9. The number of amides is 2. The van der Waals surface area contributed by atoms with Crippen LogP contribution in [0.5, 0.6) is 5.75 Å². The summed E-state index contributed by atoms with van der Waals surface area (Å²) in [4.78, 5) is 32.3. The fraction of sp³-hybridized carbons (Fsp3) is 0.304. The Bertz CT molecular complexity index is 1100. The summed E-state index contributed by atoms with van der Waals surface area (Å²) in [6.45, 7) is 3.77. The molecule has 1 atom stereocenters. The van der Waals surface area contributed by atoms with E-state index in [2.05, 4.69) is 15.0 Å². The Morgan fingerprint density at radius 1 is 1.03 bits per heavy atom. The summed E-state index contributed by atoms with van der Waals surface area (Å²) in [7, 11) is 0. The van der Waals surface area contributed by atoms with Crippen LogP contribution in [0.25, 0.3) is 10.9 Å². The second-order valence-corrected chi connectivity index (χ2v) is 7.84. The highest BCUT2D eigenvalue weighted by atomic mass is 19.4. The average Bonchev–Trinajstić information content (AvgIpc) is 3.23. The van der Waals surface area contributed by atoms with Crippen molar-refractivity contribution in [1.29, 1.82) is 0 Å². The molecule has 33 heavy (non-hydrogen) atoms. The van der Waals surface area contributed by atoms with Crippen LogP contribution in [0.1, 0.15) is 17.4 Å². The number of ether oxygens (including phenoxy) is 1. The standard InChI is InChI=1S/C23H23F3N4O3/c1-15(21(31)27-17-6-8-18(9-7-17)33-23(24,25)26)29-10-12-30(13-11-29)22(32)20-14-16-4-2-3-5-19(16)28-20/h2-9,14-15,28H,10-13H2,1H3,(H,27,31). The molecule has 0 saturated carbocycles. The number of rotatable bonds is 5. The molecule has 1 saturated heterocycles. The van der Waals surface area contributed by atoms with Crippen LogP contribution in [0.3, 0.4) is 0 Å². The molecule has 0 radical (unpaired) electrons. The summed E-state index contributed by atoms with van der Waals surface area (Å²) >= 11 is 0. The minimum atomic E-state index is -4.77. The first-order chi connectivity index (χ1) is 15.7. The van der Waals surface area contributed by atoms with E-state index in [1.807, 2.05) is 35.2 Å². The van der Waals surface area contributed by atoms with Gasteiger partial charge in [0.15, 0.2) is 0 Å². The van der Waals surface area contributed by atoms with Crippen molar-refractivity contribution in [3.05, 3.63) is 60.3 Å². The van der Waals surface area contributed by atoms with Crippen molar-refractivity contribution >= 4 is 28.4 Å². The Balaban J connectivity index is 1.30. The van der Waals surface area contributed by atoms with E-state index in [0.717, 1.165) is 23.0 Å². The molecular weight excluding hydrogens is 437 g/mol. The maximum atomic E-state index is 12.9. The van der Waals surface area contributed by atoms with E-state index >= 15 is 0 Å². The lowest BCUT2D eigenvalue weighted by Gasteiger charge is -2.37. The summed E-state index contributed by atoms with van der Waals surface area (Å²) in [5.41, 5.74) is 1.81. The molecule has 2 N–H and O–H groups in total. The van der Waals surface area contributed by atoms with Gasteiger partial charge in [-0.1, -0.05) is 18.2 Å². The van der Waals surface area contributed by atoms with Crippen LogP contribution in [0, 0.1) is 0 Å². The molecule has 2 heterocycles. The number of H-pyrrole nitrogens is 1. The zero-order valence-electron chi connectivity index (χ0n) is 17.9. The molecule has 1 unspecified atom stereocenters. The molecule has 1 aliphatic rings. The van der Waals surface area contributed by atoms with Gasteiger partial charge in [0.25, 0.3) is 5.91 Å². The summed E-state index contributed by atoms with van der Waals surface area (Å²) in [6.07, 6.45) is -4.77. The van der Waals surface area contributed by atoms with Gasteiger partial charge in [0, 0.05) is 42.8 Å². The van der Waals surface area contributed by atoms with Gasteiger partial charge in [-0.3, -0.25) is 14.5 Å². The Kier molecular flexibility index (Phi) is 6.28. The van der Waals surface area contributed by atoms with Gasteiger partial charge in [0.2, 0.25) is 5.91 Å². The van der Waals surface area contributed by atoms with Gasteiger partial charge in [0.1, 0.15) is 11.4 Å². The topological polar surface area (TPSA) is 77.7 Å². The summed E-state index contributed by atoms with van der Waals surface area (Å²) in [5, 5.41) is 3.68. The van der Waals surface area contributed by atoms with E-state index in [-0.39, 0.29) is 17.6 Å². The summed E-state index contributed by atoms with van der Waals surface area (Å²) in [6, 6.07) is 14.0. The number of aromatic nitrogens is 1. The van der Waals surface area contributed by atoms with Gasteiger partial charge < -0.3 is 19.9 Å². The molecule has 0 aliphatic carbocycles. The van der Waals surface area contributed by atoms with Crippen LogP contribution in [-0.2, 0) is 4.79 Å². The fourth-order valence-electron chi connectivity index (χ4n) is 3.82. The molecule has 174 valence electrons. The average molecular weight is 460 g/mol. The van der Waals surface area contributed by atoms with Gasteiger partial charge in [-0.05, 0) is 43.3 Å². The Labute approximate surface area is 188 Å². The number of piperazine rings is 1. The monoisotopic (exact) mass is 460 g/mol. The zero-order valence-corrected chi connectivity index (χ0v) is 17.9. The Morgan fingerprint density at radius 3 is 2.33 bits per heavy atom. The molecule has 4 rings (SSSR count). The van der Waals surface area contributed by atoms with Crippen LogP contribution in [0.2, 0.25) is 0 Å². The normalized spacial score (nSPS) is 15.9. The number of benzene rings is 2. The quantitative estimate of drug-likeness (QED) is 0.607. The second-order valence-electron chi connectivity index (χ2n) is 7.84. The molecule has 2 aromatic carbocycles. The van der Waals surface area contributed by atoms with Crippen LogP contribution in [0.4, 0.5) is 18.9 Å². The minimum Gasteiger partial charge on any atom is -0.406 e. The molecule has 7 nitrogen and oxygen atoms in total. The molecule has 0 bridgehead atoms. The van der Waals surface area contributed by atoms with E-state index in [9.17, 15) is 22.8 Å². The largest absolute Gasteiger partial charge is 0.573 e. The lowest BCUT2D eigenvalue weighted by Crippen LogP contribution is -2.54. The second kappa shape index (κ2) is 9.14. The van der Waals surface area contributed by atoms with Crippen LogP contribution >= 0.6 is 0 Å². The van der Waals surface area contributed by atoms with Gasteiger partial charge in [0.05, 0.1) is 6.04 Å². The Hall–Kier alpha value is -3.53. The van der Waals surface area contributed by atoms with E-state index in [1.165, 1.54) is 12.1 Å². The molecule has 3 aromatic rings. The van der Waals surface area contributed by atoms with Gasteiger partial charge >= 0.3 is 6.36 Å². The lowest BCUT2D eigenvalue weighted by molar-refractivity contribution is -0.274. The predicted molar refractivity (Wildman–Crippen MR) is 117 cm³/mol. The zero-order chi connectivity index (χ0) is 23.6. The smallest absolute Gasteiger partial charge is 0.406 e. The maximum Gasteiger partial charge on any atom is 0.573 e. The van der Waals surface area contributed by atoms with Crippen molar-refractivity contribution in [3.63, 3.8) is 0 Å². The first-order valence-electron chi connectivity index (χ1n) is 10.5. The van der Waals surface area contributed by atoms with E-state index in [0.29, 0.717) is 37.6 Å². The van der Waals surface area contributed by atoms with E-state index in [1.54, 1.807) is 11.8 Å². The van der Waals surface area contributed by atoms with Crippen molar-refractivity contribution < 1.29 is 27.5 Å². The molecule has 1 aliphatic heterocycles. The van der Waals surface area contributed by atoms with Gasteiger partial charge in [-0.2, -0.15) is 0 Å². The minimum absolute atomic E-state index is 0.0795. The molecule has 0 spiro atoms. The molecule has 2 amide bonds. The van der Waals surface area contributed by atoms with E-state index < -0.39 is 12.4 Å². The van der Waals surface area contributed by atoms with Crippen molar-refractivity contribution in [2.45, 2.75) is 19.3 Å². The number of nitrogens with zero attached hydrogens (tertiary/aromatic N) is 2. The van der Waals surface area contributed by atoms with Gasteiger partial charge in [-0.25, -0.2) is 0 Å². The number of hydrogen-bond acceptors (Lipinski definition) is 4. The number of halogens is 3. The van der Waals surface area contributed by atoms with Crippen molar-refractivity contribution in [2.24, 2.45) is 0 Å². The SMILES string of the molecule is CC(C(=O)Nc1ccc(OC(F)(F)F)cc1)N1CCN(C(=O)c2cc3ccccc3[nH]2)CC1. The number of carbonyl (C=O) groups excluding carboxylic acids is 2. The first-order valence-corrected chi connectivity index (χ1v) is 10.5. The molecule has 10 heteroatoms. The van der Waals surface area contributed by atoms with Crippen LogP contribution < -0.4 is 10.1 Å². The lowest BCUT2D eigenvalue weighted by atomic mass is 10.2. The third-order valence-electron chi connectivity index (χ3n) is 5.64. The number of para-hydroxylation sites is 1. The van der Waals surface area contributed by atoms with Crippen LogP contribution in [0.15, 0.2) is 54.6 Å². The fourth-order valence-corrected chi connectivity index (χ4v) is 3.82. The van der Waals surface area contributed by atoms with Gasteiger partial charge in [-0.15, -0.1) is 13.2 Å². The number of aromatic amines is 1. The highest BCUT2D eigenvalue weighted by Gasteiger charge is 2.31. The molecule has 1 fully saturated rings. The van der Waals surface area contributed by atoms with Crippen molar-refractivity contribution in [2.75, 3.05) is 31.5 Å². The number of anilines is 1. The van der Waals surface area contributed by atoms with Crippen molar-refractivity contribution in [3.8, 4) is 5.75 Å². The number of alkyl halides is 3. The highest BCUT2D eigenvalue weighted by molar-refractivity contribution is 5.98. The van der Waals surface area contributed by atoms with Crippen molar-refractivity contribution in [1.82, 2.24) is 14.8 Å². The third kappa shape index (κ3) is 5.46. The number of hydrogen-bond donors (Lipinski definition) is 2. The molecular formula is C23H23F3N4O3. The Morgan fingerprint density at radius 2 is 1.70 bits per heavy atom. The predicted octanol–water partition coefficient (Wildman–Crippen LogP) is 3.85.